The van der Waals surface area contributed by atoms with E-state index in [2.05, 4.69) is 5.32 Å². The van der Waals surface area contributed by atoms with E-state index in [1.165, 1.54) is 0 Å². The van der Waals surface area contributed by atoms with Gasteiger partial charge in [0.15, 0.2) is 6.61 Å². The van der Waals surface area contributed by atoms with Crippen LogP contribution < -0.4 is 10.1 Å². The molecule has 0 heterocycles. The van der Waals surface area contributed by atoms with Gasteiger partial charge in [-0.05, 0) is 50.5 Å². The van der Waals surface area contributed by atoms with Crippen LogP contribution in [0.15, 0.2) is 48.5 Å². The third-order valence-electron chi connectivity index (χ3n) is 5.07. The highest BCUT2D eigenvalue weighted by atomic mass is 35.5. The Balaban J connectivity index is 2.21. The van der Waals surface area contributed by atoms with Gasteiger partial charge >= 0.3 is 0 Å². The molecule has 0 aliphatic rings. The van der Waals surface area contributed by atoms with E-state index in [-0.39, 0.29) is 31.0 Å². The maximum absolute atomic E-state index is 13.1. The van der Waals surface area contributed by atoms with Crippen LogP contribution >= 0.6 is 11.6 Å². The molecule has 0 aromatic heterocycles. The summed E-state index contributed by atoms with van der Waals surface area (Å²) >= 11 is 6.33. The largest absolute Gasteiger partial charge is 0.484 e. The van der Waals surface area contributed by atoms with E-state index in [4.69, 9.17) is 16.3 Å². The molecule has 2 rings (SSSR count). The van der Waals surface area contributed by atoms with Gasteiger partial charge in [0.05, 0.1) is 0 Å². The van der Waals surface area contributed by atoms with Crippen LogP contribution in [0.4, 0.5) is 0 Å². The first-order valence-corrected chi connectivity index (χ1v) is 10.8. The first kappa shape index (κ1) is 23.7. The van der Waals surface area contributed by atoms with Crippen LogP contribution in [-0.2, 0) is 16.1 Å². The minimum atomic E-state index is -0.607. The summed E-state index contributed by atoms with van der Waals surface area (Å²) in [5, 5.41) is 3.55. The Morgan fingerprint density at radius 1 is 1.07 bits per heavy atom. The lowest BCUT2D eigenvalue weighted by Crippen LogP contribution is -2.51. The van der Waals surface area contributed by atoms with Gasteiger partial charge in [-0.1, -0.05) is 61.3 Å². The van der Waals surface area contributed by atoms with E-state index in [0.717, 1.165) is 17.5 Å². The van der Waals surface area contributed by atoms with Crippen LogP contribution in [0, 0.1) is 6.92 Å². The Morgan fingerprint density at radius 2 is 1.73 bits per heavy atom. The molecule has 0 aliphatic heterocycles. The number of hydrogen-bond donors (Lipinski definition) is 1. The van der Waals surface area contributed by atoms with Crippen molar-refractivity contribution in [2.24, 2.45) is 0 Å². The van der Waals surface area contributed by atoms with E-state index in [0.29, 0.717) is 17.2 Å². The number of carbonyl (C=O) groups excluding carboxylic acids is 2. The van der Waals surface area contributed by atoms with Crippen LogP contribution in [0.2, 0.25) is 5.02 Å². The zero-order valence-electron chi connectivity index (χ0n) is 18.2. The number of nitrogens with zero attached hydrogens (tertiary/aromatic N) is 1. The maximum Gasteiger partial charge on any atom is 0.261 e. The molecule has 0 radical (unpaired) electrons. The van der Waals surface area contributed by atoms with Gasteiger partial charge in [0.25, 0.3) is 5.91 Å². The van der Waals surface area contributed by atoms with Gasteiger partial charge in [-0.3, -0.25) is 9.59 Å². The Labute approximate surface area is 184 Å². The fourth-order valence-electron chi connectivity index (χ4n) is 3.03. The molecule has 0 aliphatic carbocycles. The molecule has 0 unspecified atom stereocenters. The molecular weight excluding hydrogens is 400 g/mol. The molecule has 0 bridgehead atoms. The molecule has 2 aromatic rings. The predicted octanol–water partition coefficient (Wildman–Crippen LogP) is 4.75. The van der Waals surface area contributed by atoms with Gasteiger partial charge < -0.3 is 15.0 Å². The minimum Gasteiger partial charge on any atom is -0.484 e. The number of aryl methyl sites for hydroxylation is 1. The van der Waals surface area contributed by atoms with E-state index in [1.54, 1.807) is 11.0 Å². The maximum atomic E-state index is 13.1. The molecule has 6 heteroatoms. The van der Waals surface area contributed by atoms with Gasteiger partial charge in [-0.25, -0.2) is 0 Å². The molecule has 0 fully saturated rings. The lowest BCUT2D eigenvalue weighted by atomic mass is 10.1. The second-order valence-corrected chi connectivity index (χ2v) is 7.86. The van der Waals surface area contributed by atoms with Crippen LogP contribution in [0.5, 0.6) is 5.75 Å². The van der Waals surface area contributed by atoms with E-state index >= 15 is 0 Å². The molecule has 0 saturated carbocycles. The topological polar surface area (TPSA) is 58.6 Å². The summed E-state index contributed by atoms with van der Waals surface area (Å²) in [7, 11) is 0. The van der Waals surface area contributed by atoms with Crippen molar-refractivity contribution in [3.63, 3.8) is 0 Å². The number of amides is 2. The van der Waals surface area contributed by atoms with E-state index in [1.807, 2.05) is 70.2 Å². The molecule has 0 spiro atoms. The van der Waals surface area contributed by atoms with Crippen molar-refractivity contribution in [1.29, 1.82) is 0 Å². The average Bonchev–Trinajstić information content (AvgIpc) is 2.74. The highest BCUT2D eigenvalue weighted by Gasteiger charge is 2.29. The number of benzene rings is 2. The summed E-state index contributed by atoms with van der Waals surface area (Å²) in [5.41, 5.74) is 1.90. The lowest BCUT2D eigenvalue weighted by Gasteiger charge is -2.31. The third kappa shape index (κ3) is 6.77. The SMILES string of the molecule is CC[C@@H](C)NC(=O)[C@H](CC)N(Cc1ccccc1Cl)C(=O)COc1ccc(C)cc1. The quantitative estimate of drug-likeness (QED) is 0.591. The number of rotatable bonds is 10. The molecule has 0 saturated heterocycles. The fraction of sp³-hybridized carbons (Fsp3) is 0.417. The number of carbonyl (C=O) groups is 2. The van der Waals surface area contributed by atoms with Crippen LogP contribution in [-0.4, -0.2) is 35.4 Å². The van der Waals surface area contributed by atoms with Crippen LogP contribution in [0.3, 0.4) is 0 Å². The second-order valence-electron chi connectivity index (χ2n) is 7.46. The van der Waals surface area contributed by atoms with Gasteiger partial charge in [0.2, 0.25) is 5.91 Å². The van der Waals surface area contributed by atoms with Gasteiger partial charge in [-0.15, -0.1) is 0 Å². The average molecular weight is 431 g/mol. The minimum absolute atomic E-state index is 0.0348. The first-order valence-electron chi connectivity index (χ1n) is 10.4. The van der Waals surface area contributed by atoms with Crippen molar-refractivity contribution < 1.29 is 14.3 Å². The van der Waals surface area contributed by atoms with Crippen molar-refractivity contribution in [3.8, 4) is 5.75 Å². The summed E-state index contributed by atoms with van der Waals surface area (Å²) in [5.74, 6) is 0.188. The second kappa shape index (κ2) is 11.6. The van der Waals surface area contributed by atoms with Gasteiger partial charge in [-0.2, -0.15) is 0 Å². The van der Waals surface area contributed by atoms with Crippen molar-refractivity contribution in [2.45, 2.75) is 59.2 Å². The van der Waals surface area contributed by atoms with Crippen molar-refractivity contribution in [3.05, 3.63) is 64.7 Å². The van der Waals surface area contributed by atoms with Crippen molar-refractivity contribution in [1.82, 2.24) is 10.2 Å². The normalized spacial score (nSPS) is 12.7. The molecular formula is C24H31ClN2O3. The number of nitrogens with one attached hydrogen (secondary N) is 1. The summed E-state index contributed by atoms with van der Waals surface area (Å²) in [6.07, 6.45) is 1.31. The zero-order valence-corrected chi connectivity index (χ0v) is 18.9. The predicted molar refractivity (Wildman–Crippen MR) is 121 cm³/mol. The Bertz CT molecular complexity index is 839. The number of halogens is 1. The summed E-state index contributed by atoms with van der Waals surface area (Å²) in [6, 6.07) is 14.3. The molecule has 162 valence electrons. The van der Waals surface area contributed by atoms with Crippen molar-refractivity contribution >= 4 is 23.4 Å². The standard InChI is InChI=1S/C24H31ClN2O3/c1-5-18(4)26-24(29)22(6-2)27(15-19-9-7-8-10-21(19)25)23(28)16-30-20-13-11-17(3)12-14-20/h7-14,18,22H,5-6,15-16H2,1-4H3,(H,26,29)/t18-,22+/m1/s1. The highest BCUT2D eigenvalue weighted by molar-refractivity contribution is 6.31. The number of hydrogen-bond acceptors (Lipinski definition) is 3. The van der Waals surface area contributed by atoms with E-state index < -0.39 is 6.04 Å². The third-order valence-corrected chi connectivity index (χ3v) is 5.44. The monoisotopic (exact) mass is 430 g/mol. The Morgan fingerprint density at radius 3 is 2.33 bits per heavy atom. The van der Waals surface area contributed by atoms with Crippen LogP contribution in [0.1, 0.15) is 44.7 Å². The van der Waals surface area contributed by atoms with Crippen molar-refractivity contribution in [2.75, 3.05) is 6.61 Å². The zero-order chi connectivity index (χ0) is 22.1. The lowest BCUT2D eigenvalue weighted by molar-refractivity contribution is -0.143. The molecule has 2 atom stereocenters. The molecule has 2 amide bonds. The van der Waals surface area contributed by atoms with Gasteiger partial charge in [0.1, 0.15) is 11.8 Å². The van der Waals surface area contributed by atoms with E-state index in [9.17, 15) is 9.59 Å². The summed E-state index contributed by atoms with van der Waals surface area (Å²) < 4.78 is 5.69. The Hall–Kier alpha value is -2.53. The number of ether oxygens (including phenoxy) is 1. The van der Waals surface area contributed by atoms with Crippen LogP contribution in [0.25, 0.3) is 0 Å². The smallest absolute Gasteiger partial charge is 0.261 e. The molecule has 30 heavy (non-hydrogen) atoms. The fourth-order valence-corrected chi connectivity index (χ4v) is 3.23. The summed E-state index contributed by atoms with van der Waals surface area (Å²) in [6.45, 7) is 7.93. The summed E-state index contributed by atoms with van der Waals surface area (Å²) in [4.78, 5) is 27.6. The Kier molecular flexibility index (Phi) is 9.18. The molecule has 5 nitrogen and oxygen atoms in total. The molecule has 1 N–H and O–H groups in total. The molecule has 2 aromatic carbocycles. The first-order chi connectivity index (χ1) is 14.3. The highest BCUT2D eigenvalue weighted by Crippen LogP contribution is 2.20. The van der Waals surface area contributed by atoms with Gasteiger partial charge in [0, 0.05) is 17.6 Å².